The number of benzene rings is 2. The lowest BCUT2D eigenvalue weighted by molar-refractivity contribution is -0.231. The van der Waals surface area contributed by atoms with E-state index in [9.17, 15) is 20.4 Å². The first-order valence-corrected chi connectivity index (χ1v) is 11.6. The molecular weight excluding hydrogens is 408 g/mol. The van der Waals surface area contributed by atoms with Gasteiger partial charge in [-0.15, -0.1) is 0 Å². The molecule has 2 fully saturated rings. The standard InChI is InChI=1S/C26H34O6/c1-3-16-7-9-17(10-8-16)11-18-12-19(13-21(15(18)2)31-20-5-4-6-20)26-25(30)24(29)23(28)22(14-27)32-26/h7-10,12-13,20,22-30H,3-6,11,14H2,1-2H3/t22-,23-,24+,25-,26+/m1/s1. The van der Waals surface area contributed by atoms with Gasteiger partial charge < -0.3 is 29.9 Å². The molecule has 0 radical (unpaired) electrons. The van der Waals surface area contributed by atoms with Gasteiger partial charge in [-0.05, 0) is 72.9 Å². The van der Waals surface area contributed by atoms with Crippen LogP contribution in [0.25, 0.3) is 0 Å². The Morgan fingerprint density at radius 1 is 0.969 bits per heavy atom. The summed E-state index contributed by atoms with van der Waals surface area (Å²) in [5.41, 5.74) is 5.23. The SMILES string of the molecule is CCc1ccc(Cc2cc([C@@H]3O[C@H](CO)[C@@H](O)[C@H](O)[C@H]3O)cc(OC3CCC3)c2C)cc1. The molecule has 1 heterocycles. The van der Waals surface area contributed by atoms with Gasteiger partial charge in [0.15, 0.2) is 0 Å². The van der Waals surface area contributed by atoms with Crippen LogP contribution in [0.2, 0.25) is 0 Å². The lowest BCUT2D eigenvalue weighted by Gasteiger charge is -2.40. The van der Waals surface area contributed by atoms with Crippen molar-refractivity contribution in [1.29, 1.82) is 0 Å². The highest BCUT2D eigenvalue weighted by molar-refractivity contribution is 5.46. The fourth-order valence-electron chi connectivity index (χ4n) is 4.40. The number of ether oxygens (including phenoxy) is 2. The minimum atomic E-state index is -1.41. The second-order valence-corrected chi connectivity index (χ2v) is 9.07. The van der Waals surface area contributed by atoms with Crippen LogP contribution < -0.4 is 4.74 Å². The smallest absolute Gasteiger partial charge is 0.123 e. The first-order chi connectivity index (χ1) is 15.4. The van der Waals surface area contributed by atoms with Gasteiger partial charge in [0.05, 0.1) is 12.7 Å². The van der Waals surface area contributed by atoms with Crippen molar-refractivity contribution in [2.24, 2.45) is 0 Å². The molecule has 4 N–H and O–H groups in total. The Hall–Kier alpha value is -1.96. The van der Waals surface area contributed by atoms with Crippen LogP contribution in [0.4, 0.5) is 0 Å². The quantitative estimate of drug-likeness (QED) is 0.526. The molecule has 2 aromatic rings. The number of aliphatic hydroxyl groups is 4. The van der Waals surface area contributed by atoms with Crippen molar-refractivity contribution in [3.05, 3.63) is 64.2 Å². The lowest BCUT2D eigenvalue weighted by atomic mass is 9.88. The molecule has 1 aliphatic carbocycles. The zero-order valence-electron chi connectivity index (χ0n) is 18.8. The molecule has 0 spiro atoms. The monoisotopic (exact) mass is 442 g/mol. The molecule has 0 amide bonds. The van der Waals surface area contributed by atoms with Crippen LogP contribution >= 0.6 is 0 Å². The van der Waals surface area contributed by atoms with Crippen molar-refractivity contribution in [1.82, 2.24) is 0 Å². The molecule has 174 valence electrons. The highest BCUT2D eigenvalue weighted by atomic mass is 16.5. The molecule has 1 aliphatic heterocycles. The van der Waals surface area contributed by atoms with Crippen molar-refractivity contribution in [2.75, 3.05) is 6.61 Å². The Morgan fingerprint density at radius 2 is 1.66 bits per heavy atom. The van der Waals surface area contributed by atoms with E-state index < -0.39 is 37.1 Å². The average molecular weight is 443 g/mol. The Balaban J connectivity index is 1.69. The van der Waals surface area contributed by atoms with Crippen LogP contribution in [0.5, 0.6) is 5.75 Å². The Bertz CT molecular complexity index is 905. The van der Waals surface area contributed by atoms with E-state index in [2.05, 4.69) is 31.2 Å². The zero-order valence-corrected chi connectivity index (χ0v) is 18.8. The van der Waals surface area contributed by atoms with Crippen LogP contribution in [-0.4, -0.2) is 57.6 Å². The summed E-state index contributed by atoms with van der Waals surface area (Å²) in [4.78, 5) is 0. The van der Waals surface area contributed by atoms with Gasteiger partial charge >= 0.3 is 0 Å². The van der Waals surface area contributed by atoms with E-state index in [0.717, 1.165) is 42.6 Å². The van der Waals surface area contributed by atoms with Crippen molar-refractivity contribution < 1.29 is 29.9 Å². The van der Waals surface area contributed by atoms with Gasteiger partial charge in [-0.1, -0.05) is 37.3 Å². The van der Waals surface area contributed by atoms with Crippen LogP contribution in [0.15, 0.2) is 36.4 Å². The van der Waals surface area contributed by atoms with Gasteiger partial charge in [0.25, 0.3) is 0 Å². The Labute approximate surface area is 189 Å². The Morgan fingerprint density at radius 3 is 2.25 bits per heavy atom. The molecule has 4 rings (SSSR count). The first kappa shape index (κ1) is 23.2. The molecule has 5 atom stereocenters. The summed E-state index contributed by atoms with van der Waals surface area (Å²) in [5, 5.41) is 40.7. The molecular formula is C26H34O6. The molecule has 6 heteroatoms. The van der Waals surface area contributed by atoms with E-state index in [4.69, 9.17) is 9.47 Å². The molecule has 1 saturated carbocycles. The summed E-state index contributed by atoms with van der Waals surface area (Å²) in [6.07, 6.45) is -0.835. The number of aryl methyl sites for hydroxylation is 1. The highest BCUT2D eigenvalue weighted by Gasteiger charge is 2.44. The van der Waals surface area contributed by atoms with Crippen molar-refractivity contribution >= 4 is 0 Å². The third-order valence-corrected chi connectivity index (χ3v) is 6.88. The summed E-state index contributed by atoms with van der Waals surface area (Å²) in [6.45, 7) is 3.73. The zero-order chi connectivity index (χ0) is 22.8. The number of hydrogen-bond acceptors (Lipinski definition) is 6. The van der Waals surface area contributed by atoms with Crippen LogP contribution in [0, 0.1) is 6.92 Å². The van der Waals surface area contributed by atoms with E-state index in [1.807, 2.05) is 19.1 Å². The maximum Gasteiger partial charge on any atom is 0.123 e. The molecule has 0 aromatic heterocycles. The summed E-state index contributed by atoms with van der Waals surface area (Å²) >= 11 is 0. The van der Waals surface area contributed by atoms with Crippen molar-refractivity contribution in [3.8, 4) is 5.75 Å². The largest absolute Gasteiger partial charge is 0.490 e. The molecule has 32 heavy (non-hydrogen) atoms. The van der Waals surface area contributed by atoms with E-state index in [1.165, 1.54) is 11.1 Å². The number of hydrogen-bond donors (Lipinski definition) is 4. The van der Waals surface area contributed by atoms with Crippen LogP contribution in [0.3, 0.4) is 0 Å². The number of aliphatic hydroxyl groups excluding tert-OH is 4. The number of rotatable bonds is 7. The normalized spacial score (nSPS) is 28.4. The molecule has 1 saturated heterocycles. The van der Waals surface area contributed by atoms with Crippen LogP contribution in [0.1, 0.15) is 60.1 Å². The van der Waals surface area contributed by atoms with E-state index in [0.29, 0.717) is 12.0 Å². The van der Waals surface area contributed by atoms with E-state index in [1.54, 1.807) is 0 Å². The fraction of sp³-hybridized carbons (Fsp3) is 0.538. The topological polar surface area (TPSA) is 99.4 Å². The summed E-state index contributed by atoms with van der Waals surface area (Å²) in [6, 6.07) is 12.4. The average Bonchev–Trinajstić information content (AvgIpc) is 2.77. The highest BCUT2D eigenvalue weighted by Crippen LogP contribution is 2.38. The van der Waals surface area contributed by atoms with Crippen LogP contribution in [-0.2, 0) is 17.6 Å². The minimum absolute atomic E-state index is 0.190. The summed E-state index contributed by atoms with van der Waals surface area (Å²) in [5.74, 6) is 0.754. The molecule has 0 unspecified atom stereocenters. The van der Waals surface area contributed by atoms with Gasteiger partial charge in [-0.25, -0.2) is 0 Å². The van der Waals surface area contributed by atoms with Crippen molar-refractivity contribution in [3.63, 3.8) is 0 Å². The predicted molar refractivity (Wildman–Crippen MR) is 121 cm³/mol. The third kappa shape index (κ3) is 4.70. The lowest BCUT2D eigenvalue weighted by Crippen LogP contribution is -2.55. The molecule has 0 bridgehead atoms. The van der Waals surface area contributed by atoms with Crippen molar-refractivity contribution in [2.45, 2.75) is 82.6 Å². The Kier molecular flexibility index (Phi) is 7.17. The van der Waals surface area contributed by atoms with Gasteiger partial charge in [0, 0.05) is 0 Å². The summed E-state index contributed by atoms with van der Waals surface area (Å²) < 4.78 is 12.1. The van der Waals surface area contributed by atoms with Gasteiger partial charge in [-0.3, -0.25) is 0 Å². The first-order valence-electron chi connectivity index (χ1n) is 11.6. The third-order valence-electron chi connectivity index (χ3n) is 6.88. The molecule has 6 nitrogen and oxygen atoms in total. The molecule has 2 aromatic carbocycles. The maximum atomic E-state index is 10.7. The maximum absolute atomic E-state index is 10.7. The fourth-order valence-corrected chi connectivity index (χ4v) is 4.40. The second kappa shape index (κ2) is 9.89. The molecule has 2 aliphatic rings. The van der Waals surface area contributed by atoms with E-state index in [-0.39, 0.29) is 6.10 Å². The van der Waals surface area contributed by atoms with E-state index >= 15 is 0 Å². The minimum Gasteiger partial charge on any atom is -0.490 e. The van der Waals surface area contributed by atoms with Gasteiger partial charge in [0.2, 0.25) is 0 Å². The predicted octanol–water partition coefficient (Wildman–Crippen LogP) is 2.59. The summed E-state index contributed by atoms with van der Waals surface area (Å²) in [7, 11) is 0. The van der Waals surface area contributed by atoms with Gasteiger partial charge in [0.1, 0.15) is 36.3 Å². The van der Waals surface area contributed by atoms with Gasteiger partial charge in [-0.2, -0.15) is 0 Å². The second-order valence-electron chi connectivity index (χ2n) is 9.07.